The molecule has 0 aliphatic carbocycles. The first kappa shape index (κ1) is 11.5. The van der Waals surface area contributed by atoms with Gasteiger partial charge < -0.3 is 15.4 Å². The molecule has 2 heterocycles. The Morgan fingerprint density at radius 1 is 1.44 bits per heavy atom. The number of hydrogen-bond donors (Lipinski definition) is 2. The summed E-state index contributed by atoms with van der Waals surface area (Å²) >= 11 is 0. The molecule has 2 aliphatic heterocycles. The second kappa shape index (κ2) is 4.59. The lowest BCUT2D eigenvalue weighted by atomic mass is 10.1. The molecule has 0 aromatic heterocycles. The number of carbonyl (C=O) groups is 1. The Morgan fingerprint density at radius 2 is 2.28 bits per heavy atom. The maximum absolute atomic E-state index is 11.3. The Labute approximate surface area is 106 Å². The van der Waals surface area contributed by atoms with Crippen LogP contribution in [-0.2, 0) is 11.3 Å². The lowest BCUT2D eigenvalue weighted by molar-refractivity contribution is -0.118. The van der Waals surface area contributed by atoms with E-state index in [1.807, 2.05) is 12.1 Å². The number of benzene rings is 1. The van der Waals surface area contributed by atoms with Gasteiger partial charge in [-0.1, -0.05) is 6.07 Å². The highest BCUT2D eigenvalue weighted by molar-refractivity contribution is 5.95. The van der Waals surface area contributed by atoms with Gasteiger partial charge in [0.2, 0.25) is 0 Å². The third-order valence-electron chi connectivity index (χ3n) is 3.49. The number of nitrogens with zero attached hydrogens (tertiary/aromatic N) is 1. The van der Waals surface area contributed by atoms with Crippen molar-refractivity contribution in [1.29, 1.82) is 0 Å². The SMILES string of the molecule is CN(Cc1ccc2c(c1)NC(=O)CO2)C1CNC1. The highest BCUT2D eigenvalue weighted by Crippen LogP contribution is 2.28. The zero-order valence-electron chi connectivity index (χ0n) is 10.4. The summed E-state index contributed by atoms with van der Waals surface area (Å²) in [4.78, 5) is 13.6. The maximum Gasteiger partial charge on any atom is 0.262 e. The van der Waals surface area contributed by atoms with Gasteiger partial charge >= 0.3 is 0 Å². The summed E-state index contributed by atoms with van der Waals surface area (Å²) in [6, 6.07) is 6.59. The predicted molar refractivity (Wildman–Crippen MR) is 68.7 cm³/mol. The zero-order valence-corrected chi connectivity index (χ0v) is 10.4. The van der Waals surface area contributed by atoms with Crippen molar-refractivity contribution in [3.63, 3.8) is 0 Å². The van der Waals surface area contributed by atoms with Crippen molar-refractivity contribution < 1.29 is 9.53 Å². The molecule has 2 aliphatic rings. The molecule has 5 nitrogen and oxygen atoms in total. The van der Waals surface area contributed by atoms with E-state index in [1.54, 1.807) is 0 Å². The van der Waals surface area contributed by atoms with Gasteiger partial charge in [0.1, 0.15) is 5.75 Å². The Bertz CT molecular complexity index is 471. The van der Waals surface area contributed by atoms with E-state index < -0.39 is 0 Å². The summed E-state index contributed by atoms with van der Waals surface area (Å²) in [6.45, 7) is 3.11. The van der Waals surface area contributed by atoms with Gasteiger partial charge in [-0.05, 0) is 24.7 Å². The minimum absolute atomic E-state index is 0.0869. The molecule has 0 unspecified atom stereocenters. The summed E-state index contributed by atoms with van der Waals surface area (Å²) in [5, 5.41) is 6.10. The summed E-state index contributed by atoms with van der Waals surface area (Å²) in [7, 11) is 2.13. The molecular formula is C13H17N3O2. The van der Waals surface area contributed by atoms with Crippen molar-refractivity contribution in [3.8, 4) is 5.75 Å². The monoisotopic (exact) mass is 247 g/mol. The van der Waals surface area contributed by atoms with Crippen LogP contribution in [0.1, 0.15) is 5.56 Å². The fourth-order valence-corrected chi connectivity index (χ4v) is 2.23. The number of fused-ring (bicyclic) bond motifs is 1. The van der Waals surface area contributed by atoms with E-state index in [4.69, 9.17) is 4.74 Å². The largest absolute Gasteiger partial charge is 0.482 e. The third-order valence-corrected chi connectivity index (χ3v) is 3.49. The third kappa shape index (κ3) is 2.19. The number of amides is 1. The summed E-state index contributed by atoms with van der Waals surface area (Å²) in [6.07, 6.45) is 0. The van der Waals surface area contributed by atoms with Crippen molar-refractivity contribution >= 4 is 11.6 Å². The number of likely N-dealkylation sites (N-methyl/N-ethyl adjacent to an activating group) is 1. The summed E-state index contributed by atoms with van der Waals surface area (Å²) in [5.74, 6) is 0.669. The Kier molecular flexibility index (Phi) is 2.93. The molecule has 2 N–H and O–H groups in total. The molecular weight excluding hydrogens is 230 g/mol. The molecule has 0 bridgehead atoms. The van der Waals surface area contributed by atoms with Crippen LogP contribution in [0.25, 0.3) is 0 Å². The number of ether oxygens (including phenoxy) is 1. The molecule has 1 aromatic carbocycles. The highest BCUT2D eigenvalue weighted by atomic mass is 16.5. The van der Waals surface area contributed by atoms with E-state index in [2.05, 4.69) is 28.6 Å². The molecule has 18 heavy (non-hydrogen) atoms. The summed E-state index contributed by atoms with van der Waals surface area (Å²) in [5.41, 5.74) is 1.97. The standard InChI is InChI=1S/C13H17N3O2/c1-16(10-5-14-6-10)7-9-2-3-12-11(4-9)15-13(17)8-18-12/h2-4,10,14H,5-8H2,1H3,(H,15,17). The van der Waals surface area contributed by atoms with Gasteiger partial charge in [-0.15, -0.1) is 0 Å². The van der Waals surface area contributed by atoms with Crippen molar-refractivity contribution in [2.45, 2.75) is 12.6 Å². The molecule has 0 saturated carbocycles. The van der Waals surface area contributed by atoms with Gasteiger partial charge in [-0.3, -0.25) is 9.69 Å². The first-order valence-electron chi connectivity index (χ1n) is 6.19. The minimum Gasteiger partial charge on any atom is -0.482 e. The predicted octanol–water partition coefficient (Wildman–Crippen LogP) is 0.421. The van der Waals surface area contributed by atoms with Crippen molar-refractivity contribution in [2.24, 2.45) is 0 Å². The normalized spacial score (nSPS) is 18.9. The fraction of sp³-hybridized carbons (Fsp3) is 0.462. The number of rotatable bonds is 3. The highest BCUT2D eigenvalue weighted by Gasteiger charge is 2.22. The van der Waals surface area contributed by atoms with Crippen LogP contribution in [0, 0.1) is 0 Å². The smallest absolute Gasteiger partial charge is 0.262 e. The molecule has 3 rings (SSSR count). The fourth-order valence-electron chi connectivity index (χ4n) is 2.23. The molecule has 5 heteroatoms. The molecule has 1 fully saturated rings. The van der Waals surface area contributed by atoms with E-state index in [0.717, 1.165) is 31.1 Å². The molecule has 0 spiro atoms. The number of hydrogen-bond acceptors (Lipinski definition) is 4. The van der Waals surface area contributed by atoms with Gasteiger partial charge in [0, 0.05) is 25.7 Å². The van der Waals surface area contributed by atoms with Crippen LogP contribution >= 0.6 is 0 Å². The Morgan fingerprint density at radius 3 is 3.00 bits per heavy atom. The number of nitrogens with one attached hydrogen (secondary N) is 2. The average molecular weight is 247 g/mol. The Hall–Kier alpha value is -1.59. The van der Waals surface area contributed by atoms with Gasteiger partial charge in [0.25, 0.3) is 5.91 Å². The number of carbonyl (C=O) groups excluding carboxylic acids is 1. The van der Waals surface area contributed by atoms with Crippen LogP contribution in [0.3, 0.4) is 0 Å². The number of anilines is 1. The average Bonchev–Trinajstić information content (AvgIpc) is 2.25. The van der Waals surface area contributed by atoms with Gasteiger partial charge in [0.05, 0.1) is 5.69 Å². The summed E-state index contributed by atoms with van der Waals surface area (Å²) < 4.78 is 5.34. The van der Waals surface area contributed by atoms with Crippen molar-refractivity contribution in [2.75, 3.05) is 32.1 Å². The lowest BCUT2D eigenvalue weighted by Gasteiger charge is -2.35. The first-order valence-corrected chi connectivity index (χ1v) is 6.19. The minimum atomic E-state index is -0.0869. The van der Waals surface area contributed by atoms with Crippen LogP contribution < -0.4 is 15.4 Å². The first-order chi connectivity index (χ1) is 8.72. The van der Waals surface area contributed by atoms with E-state index >= 15 is 0 Å². The van der Waals surface area contributed by atoms with E-state index in [1.165, 1.54) is 5.56 Å². The van der Waals surface area contributed by atoms with Crippen LogP contribution in [-0.4, -0.2) is 43.6 Å². The second-order valence-electron chi connectivity index (χ2n) is 4.89. The molecule has 1 saturated heterocycles. The van der Waals surface area contributed by atoms with E-state index in [9.17, 15) is 4.79 Å². The van der Waals surface area contributed by atoms with Crippen LogP contribution in [0.5, 0.6) is 5.75 Å². The van der Waals surface area contributed by atoms with E-state index in [-0.39, 0.29) is 12.5 Å². The maximum atomic E-state index is 11.3. The second-order valence-corrected chi connectivity index (χ2v) is 4.89. The van der Waals surface area contributed by atoms with Crippen LogP contribution in [0.15, 0.2) is 18.2 Å². The van der Waals surface area contributed by atoms with Crippen molar-refractivity contribution in [1.82, 2.24) is 10.2 Å². The van der Waals surface area contributed by atoms with Crippen LogP contribution in [0.4, 0.5) is 5.69 Å². The quantitative estimate of drug-likeness (QED) is 0.813. The topological polar surface area (TPSA) is 53.6 Å². The lowest BCUT2D eigenvalue weighted by Crippen LogP contribution is -2.55. The van der Waals surface area contributed by atoms with Gasteiger partial charge in [-0.2, -0.15) is 0 Å². The molecule has 0 atom stereocenters. The van der Waals surface area contributed by atoms with Gasteiger partial charge in [0.15, 0.2) is 6.61 Å². The van der Waals surface area contributed by atoms with Crippen molar-refractivity contribution in [3.05, 3.63) is 23.8 Å². The molecule has 1 amide bonds. The molecule has 96 valence electrons. The molecule has 0 radical (unpaired) electrons. The molecule has 1 aromatic rings. The van der Waals surface area contributed by atoms with E-state index in [0.29, 0.717) is 6.04 Å². The van der Waals surface area contributed by atoms with Gasteiger partial charge in [-0.25, -0.2) is 0 Å². The van der Waals surface area contributed by atoms with Crippen LogP contribution in [0.2, 0.25) is 0 Å². The Balaban J connectivity index is 1.72. The zero-order chi connectivity index (χ0) is 12.5.